The van der Waals surface area contributed by atoms with Crippen molar-refractivity contribution in [3.05, 3.63) is 57.6 Å². The van der Waals surface area contributed by atoms with E-state index >= 15 is 0 Å². The van der Waals surface area contributed by atoms with Crippen LogP contribution in [0, 0.1) is 13.8 Å². The van der Waals surface area contributed by atoms with Crippen LogP contribution in [0.2, 0.25) is 10.0 Å². The lowest BCUT2D eigenvalue weighted by atomic mass is 10.1. The van der Waals surface area contributed by atoms with Crippen molar-refractivity contribution in [1.29, 1.82) is 0 Å². The Bertz CT molecular complexity index is 828. The van der Waals surface area contributed by atoms with Crippen LogP contribution in [0.5, 0.6) is 0 Å². The lowest BCUT2D eigenvalue weighted by Gasteiger charge is -2.09. The van der Waals surface area contributed by atoms with E-state index in [1.54, 1.807) is 18.2 Å². The van der Waals surface area contributed by atoms with Gasteiger partial charge in [-0.3, -0.25) is 14.4 Å². The number of rotatable bonds is 7. The molecule has 0 unspecified atom stereocenters. The van der Waals surface area contributed by atoms with Crippen molar-refractivity contribution in [1.82, 2.24) is 0 Å². The minimum Gasteiger partial charge on any atom is -0.456 e. The molecule has 0 fully saturated rings. The molecule has 8 heteroatoms. The van der Waals surface area contributed by atoms with E-state index in [-0.39, 0.29) is 18.7 Å². The summed E-state index contributed by atoms with van der Waals surface area (Å²) in [6.07, 6.45) is -0.170. The smallest absolute Gasteiger partial charge is 0.306 e. The summed E-state index contributed by atoms with van der Waals surface area (Å²) in [5, 5.41) is 5.92. The van der Waals surface area contributed by atoms with E-state index < -0.39 is 18.5 Å². The number of ether oxygens (including phenoxy) is 1. The predicted molar refractivity (Wildman–Crippen MR) is 110 cm³/mol. The highest BCUT2D eigenvalue weighted by molar-refractivity contribution is 6.42. The van der Waals surface area contributed by atoms with Crippen molar-refractivity contribution in [2.75, 3.05) is 17.2 Å². The number of benzene rings is 2. The van der Waals surface area contributed by atoms with Gasteiger partial charge in [0.15, 0.2) is 6.61 Å². The van der Waals surface area contributed by atoms with Crippen molar-refractivity contribution in [3.8, 4) is 0 Å². The molecule has 0 aromatic heterocycles. The van der Waals surface area contributed by atoms with Gasteiger partial charge >= 0.3 is 5.97 Å². The molecular formula is C20H20Cl2N2O4. The third kappa shape index (κ3) is 6.87. The number of amides is 2. The first-order valence-electron chi connectivity index (χ1n) is 8.52. The van der Waals surface area contributed by atoms with Crippen LogP contribution in [-0.2, 0) is 19.1 Å². The summed E-state index contributed by atoms with van der Waals surface area (Å²) in [5.74, 6) is -1.47. The minimum absolute atomic E-state index is 0.0415. The summed E-state index contributed by atoms with van der Waals surface area (Å²) in [5.41, 5.74) is 3.29. The van der Waals surface area contributed by atoms with Gasteiger partial charge in [-0.15, -0.1) is 0 Å². The van der Waals surface area contributed by atoms with Crippen molar-refractivity contribution in [2.45, 2.75) is 26.7 Å². The Morgan fingerprint density at radius 2 is 1.46 bits per heavy atom. The van der Waals surface area contributed by atoms with E-state index in [9.17, 15) is 14.4 Å². The number of anilines is 2. The zero-order chi connectivity index (χ0) is 20.7. The molecule has 28 heavy (non-hydrogen) atoms. The summed E-state index contributed by atoms with van der Waals surface area (Å²) >= 11 is 11.7. The Kier molecular flexibility index (Phi) is 7.84. The second kappa shape index (κ2) is 10.1. The molecule has 2 rings (SSSR count). The van der Waals surface area contributed by atoms with Crippen LogP contribution in [0.3, 0.4) is 0 Å². The molecular weight excluding hydrogens is 403 g/mol. The van der Waals surface area contributed by atoms with Crippen LogP contribution in [0.25, 0.3) is 0 Å². The fourth-order valence-electron chi connectivity index (χ4n) is 2.25. The Hall–Kier alpha value is -2.57. The zero-order valence-electron chi connectivity index (χ0n) is 15.5. The van der Waals surface area contributed by atoms with Crippen molar-refractivity contribution in [3.63, 3.8) is 0 Å². The Labute approximate surface area is 173 Å². The second-order valence-electron chi connectivity index (χ2n) is 6.18. The number of hydrogen-bond donors (Lipinski definition) is 2. The number of aryl methyl sites for hydroxylation is 2. The number of esters is 1. The highest BCUT2D eigenvalue weighted by atomic mass is 35.5. The van der Waals surface area contributed by atoms with Gasteiger partial charge in [-0.05, 0) is 55.3 Å². The molecule has 0 aliphatic heterocycles. The molecule has 6 nitrogen and oxygen atoms in total. The fraction of sp³-hybridized carbons (Fsp3) is 0.250. The van der Waals surface area contributed by atoms with Gasteiger partial charge in [0.05, 0.1) is 16.5 Å². The van der Waals surface area contributed by atoms with Crippen LogP contribution in [-0.4, -0.2) is 24.4 Å². The normalized spacial score (nSPS) is 10.3. The SMILES string of the molecule is Cc1ccc(NC(=O)CCC(=O)OCC(=O)Nc2ccc(Cl)c(Cl)c2)cc1C. The second-order valence-corrected chi connectivity index (χ2v) is 7.00. The third-order valence-corrected chi connectivity index (χ3v) is 4.65. The van der Waals surface area contributed by atoms with Crippen molar-refractivity contribution < 1.29 is 19.1 Å². The van der Waals surface area contributed by atoms with Crippen LogP contribution in [0.4, 0.5) is 11.4 Å². The molecule has 2 N–H and O–H groups in total. The summed E-state index contributed by atoms with van der Waals surface area (Å²) < 4.78 is 4.88. The third-order valence-electron chi connectivity index (χ3n) is 3.91. The van der Waals surface area contributed by atoms with Crippen molar-refractivity contribution >= 4 is 52.4 Å². The monoisotopic (exact) mass is 422 g/mol. The van der Waals surface area contributed by atoms with Crippen LogP contribution < -0.4 is 10.6 Å². The first-order chi connectivity index (χ1) is 13.2. The summed E-state index contributed by atoms with van der Waals surface area (Å²) in [4.78, 5) is 35.5. The molecule has 2 aromatic rings. The molecule has 0 heterocycles. The quantitative estimate of drug-likeness (QED) is 0.642. The van der Waals surface area contributed by atoms with Crippen LogP contribution >= 0.6 is 23.2 Å². The minimum atomic E-state index is -0.639. The first-order valence-corrected chi connectivity index (χ1v) is 9.28. The average Bonchev–Trinajstić information content (AvgIpc) is 2.64. The largest absolute Gasteiger partial charge is 0.456 e. The Balaban J connectivity index is 1.71. The molecule has 0 spiro atoms. The number of halogens is 2. The van der Waals surface area contributed by atoms with Gasteiger partial charge < -0.3 is 15.4 Å². The standard InChI is InChI=1S/C20H20Cl2N2O4/c1-12-3-4-14(9-13(12)2)23-18(25)7-8-20(27)28-11-19(26)24-15-5-6-16(21)17(22)10-15/h3-6,9-10H,7-8,11H2,1-2H3,(H,23,25)(H,24,26). The summed E-state index contributed by atoms with van der Waals surface area (Å²) in [7, 11) is 0. The molecule has 0 bridgehead atoms. The molecule has 148 valence electrons. The van der Waals surface area contributed by atoms with Gasteiger partial charge in [-0.2, -0.15) is 0 Å². The van der Waals surface area contributed by atoms with E-state index in [1.807, 2.05) is 26.0 Å². The molecule has 0 saturated carbocycles. The Morgan fingerprint density at radius 1 is 0.821 bits per heavy atom. The van der Waals surface area contributed by atoms with Gasteiger partial charge in [0.1, 0.15) is 0 Å². The summed E-state index contributed by atoms with van der Waals surface area (Å²) in [6.45, 7) is 3.47. The molecule has 0 aliphatic rings. The summed E-state index contributed by atoms with van der Waals surface area (Å²) in [6, 6.07) is 10.2. The maximum absolute atomic E-state index is 11.9. The number of carbonyl (C=O) groups excluding carboxylic acids is 3. The highest BCUT2D eigenvalue weighted by Gasteiger charge is 2.11. The zero-order valence-corrected chi connectivity index (χ0v) is 17.0. The molecule has 2 aromatic carbocycles. The first kappa shape index (κ1) is 21.7. The van der Waals surface area contributed by atoms with Crippen LogP contribution in [0.1, 0.15) is 24.0 Å². The van der Waals surface area contributed by atoms with Crippen molar-refractivity contribution in [2.24, 2.45) is 0 Å². The number of nitrogens with one attached hydrogen (secondary N) is 2. The average molecular weight is 423 g/mol. The Morgan fingerprint density at radius 3 is 2.14 bits per heavy atom. The number of hydrogen-bond acceptors (Lipinski definition) is 4. The number of carbonyl (C=O) groups is 3. The van der Waals surface area contributed by atoms with E-state index in [0.29, 0.717) is 21.4 Å². The van der Waals surface area contributed by atoms with Gasteiger partial charge in [0.25, 0.3) is 5.91 Å². The maximum Gasteiger partial charge on any atom is 0.306 e. The highest BCUT2D eigenvalue weighted by Crippen LogP contribution is 2.24. The van der Waals surface area contributed by atoms with E-state index in [4.69, 9.17) is 27.9 Å². The van der Waals surface area contributed by atoms with Gasteiger partial charge in [-0.25, -0.2) is 0 Å². The van der Waals surface area contributed by atoms with E-state index in [1.165, 1.54) is 6.07 Å². The fourth-order valence-corrected chi connectivity index (χ4v) is 2.55. The van der Waals surface area contributed by atoms with Gasteiger partial charge in [0.2, 0.25) is 5.91 Å². The molecule has 0 radical (unpaired) electrons. The van der Waals surface area contributed by atoms with Gasteiger partial charge in [-0.1, -0.05) is 29.3 Å². The topological polar surface area (TPSA) is 84.5 Å². The van der Waals surface area contributed by atoms with Gasteiger partial charge in [0, 0.05) is 17.8 Å². The van der Waals surface area contributed by atoms with Crippen LogP contribution in [0.15, 0.2) is 36.4 Å². The van der Waals surface area contributed by atoms with E-state index in [0.717, 1.165) is 11.1 Å². The lowest BCUT2D eigenvalue weighted by Crippen LogP contribution is -2.21. The molecule has 2 amide bonds. The predicted octanol–water partition coefficient (Wildman–Crippen LogP) is 4.51. The molecule has 0 aliphatic carbocycles. The molecule has 0 saturated heterocycles. The lowest BCUT2D eigenvalue weighted by molar-refractivity contribution is -0.147. The molecule has 0 atom stereocenters. The van der Waals surface area contributed by atoms with E-state index in [2.05, 4.69) is 10.6 Å². The maximum atomic E-state index is 11.9.